The van der Waals surface area contributed by atoms with Crippen molar-refractivity contribution in [3.63, 3.8) is 0 Å². The minimum atomic E-state index is -0.535. The molecule has 0 aliphatic heterocycles. The number of ether oxygens (including phenoxy) is 2. The molecule has 2 aromatic rings. The first-order valence-electron chi connectivity index (χ1n) is 6.89. The first-order chi connectivity index (χ1) is 11.1. The first-order valence-corrected chi connectivity index (χ1v) is 6.89. The number of nitrogens with one attached hydrogen (secondary N) is 1. The third kappa shape index (κ3) is 3.77. The van der Waals surface area contributed by atoms with Crippen LogP contribution < -0.4 is 10.1 Å². The Labute approximate surface area is 134 Å². The fraction of sp³-hybridized carbons (Fsp3) is 0.111. The largest absolute Gasteiger partial charge is 0.495 e. The molecule has 23 heavy (non-hydrogen) atoms. The highest BCUT2D eigenvalue weighted by molar-refractivity contribution is 6.16. The Bertz CT molecular complexity index is 752. The monoisotopic (exact) mass is 311 g/mol. The molecule has 0 fully saturated rings. The van der Waals surface area contributed by atoms with Gasteiger partial charge in [-0.15, -0.1) is 0 Å². The number of esters is 1. The van der Waals surface area contributed by atoms with Gasteiger partial charge in [-0.25, -0.2) is 4.79 Å². The van der Waals surface area contributed by atoms with Crippen molar-refractivity contribution in [3.8, 4) is 5.75 Å². The number of anilines is 1. The number of carbonyl (C=O) groups is 2. The third-order valence-electron chi connectivity index (χ3n) is 3.26. The maximum atomic E-state index is 12.4. The van der Waals surface area contributed by atoms with Crippen molar-refractivity contribution in [2.75, 3.05) is 19.5 Å². The molecule has 0 aliphatic carbocycles. The molecule has 118 valence electrons. The van der Waals surface area contributed by atoms with Crippen LogP contribution >= 0.6 is 0 Å². The molecule has 0 unspecified atom stereocenters. The highest BCUT2D eigenvalue weighted by Crippen LogP contribution is 2.24. The van der Waals surface area contributed by atoms with E-state index >= 15 is 0 Å². The number of para-hydroxylation sites is 2. The van der Waals surface area contributed by atoms with E-state index in [4.69, 9.17) is 4.74 Å². The predicted molar refractivity (Wildman–Crippen MR) is 88.4 cm³/mol. The smallest absolute Gasteiger partial charge is 0.337 e. The van der Waals surface area contributed by atoms with Gasteiger partial charge in [0, 0.05) is 5.56 Å². The summed E-state index contributed by atoms with van der Waals surface area (Å²) in [6, 6.07) is 13.7. The zero-order valence-electron chi connectivity index (χ0n) is 13.0. The van der Waals surface area contributed by atoms with E-state index in [0.29, 0.717) is 22.6 Å². The summed E-state index contributed by atoms with van der Waals surface area (Å²) in [7, 11) is 2.82. The third-order valence-corrected chi connectivity index (χ3v) is 3.26. The van der Waals surface area contributed by atoms with Gasteiger partial charge in [-0.2, -0.15) is 0 Å². The molecule has 1 N–H and O–H groups in total. The molecule has 0 spiro atoms. The highest BCUT2D eigenvalue weighted by Gasteiger charge is 2.13. The molecular formula is C18H17NO4. The van der Waals surface area contributed by atoms with Gasteiger partial charge in [-0.3, -0.25) is 4.79 Å². The Hall–Kier alpha value is -3.08. The van der Waals surface area contributed by atoms with Crippen LogP contribution in [0, 0.1) is 0 Å². The predicted octanol–water partition coefficient (Wildman–Crippen LogP) is 3.13. The van der Waals surface area contributed by atoms with E-state index in [-0.39, 0.29) is 11.5 Å². The second-order valence-electron chi connectivity index (χ2n) is 4.71. The van der Waals surface area contributed by atoms with Gasteiger partial charge in [0.05, 0.1) is 25.5 Å². The van der Waals surface area contributed by atoms with E-state index in [9.17, 15) is 9.59 Å². The molecule has 0 atom stereocenters. The fourth-order valence-electron chi connectivity index (χ4n) is 2.03. The van der Waals surface area contributed by atoms with Crippen LogP contribution in [0.25, 0.3) is 5.57 Å². The molecule has 5 nitrogen and oxygen atoms in total. The topological polar surface area (TPSA) is 64.6 Å². The van der Waals surface area contributed by atoms with Gasteiger partial charge >= 0.3 is 5.97 Å². The Morgan fingerprint density at radius 2 is 1.70 bits per heavy atom. The summed E-state index contributed by atoms with van der Waals surface area (Å²) in [6.45, 7) is 3.68. The average Bonchev–Trinajstić information content (AvgIpc) is 2.60. The molecule has 0 heterocycles. The number of hydrogen-bond acceptors (Lipinski definition) is 4. The van der Waals surface area contributed by atoms with E-state index in [1.54, 1.807) is 42.5 Å². The quantitative estimate of drug-likeness (QED) is 0.680. The van der Waals surface area contributed by atoms with E-state index in [1.807, 2.05) is 6.07 Å². The van der Waals surface area contributed by atoms with Crippen LogP contribution in [0.5, 0.6) is 5.75 Å². The lowest BCUT2D eigenvalue weighted by Gasteiger charge is -2.10. The van der Waals surface area contributed by atoms with Gasteiger partial charge in [-0.1, -0.05) is 30.8 Å². The number of methoxy groups -OCH3 is 2. The van der Waals surface area contributed by atoms with Crippen molar-refractivity contribution in [1.29, 1.82) is 0 Å². The Kier molecular flexibility index (Phi) is 5.15. The van der Waals surface area contributed by atoms with Gasteiger partial charge in [0.15, 0.2) is 0 Å². The molecule has 5 heteroatoms. The fourth-order valence-corrected chi connectivity index (χ4v) is 2.03. The van der Waals surface area contributed by atoms with Crippen LogP contribution in [-0.2, 0) is 9.53 Å². The second-order valence-corrected chi connectivity index (χ2v) is 4.71. The summed E-state index contributed by atoms with van der Waals surface area (Å²) in [5.41, 5.74) is 1.69. The number of carbonyl (C=O) groups excluding carboxylic acids is 2. The van der Waals surface area contributed by atoms with Crippen LogP contribution in [0.4, 0.5) is 5.69 Å². The average molecular weight is 311 g/mol. The molecule has 1 amide bonds. The lowest BCUT2D eigenvalue weighted by molar-refractivity contribution is -0.133. The molecule has 0 bridgehead atoms. The van der Waals surface area contributed by atoms with E-state index in [2.05, 4.69) is 16.6 Å². The van der Waals surface area contributed by atoms with Gasteiger partial charge in [-0.05, 0) is 29.8 Å². The number of amides is 1. The van der Waals surface area contributed by atoms with Crippen LogP contribution in [-0.4, -0.2) is 26.1 Å². The van der Waals surface area contributed by atoms with Crippen LogP contribution in [0.1, 0.15) is 15.9 Å². The molecule has 0 radical (unpaired) electrons. The maximum absolute atomic E-state index is 12.4. The van der Waals surface area contributed by atoms with Crippen molar-refractivity contribution in [1.82, 2.24) is 0 Å². The first kappa shape index (κ1) is 16.3. The zero-order chi connectivity index (χ0) is 16.8. The summed E-state index contributed by atoms with van der Waals surface area (Å²) < 4.78 is 9.84. The number of hydrogen-bond donors (Lipinski definition) is 1. The molecule has 2 aromatic carbocycles. The van der Waals surface area contributed by atoms with Crippen molar-refractivity contribution in [2.24, 2.45) is 0 Å². The molecular weight excluding hydrogens is 294 g/mol. The summed E-state index contributed by atoms with van der Waals surface area (Å²) in [5, 5.41) is 2.78. The van der Waals surface area contributed by atoms with Crippen molar-refractivity contribution in [2.45, 2.75) is 0 Å². The SMILES string of the molecule is C=C(C(=O)OC)c1cccc(C(=O)Nc2ccccc2OC)c1. The van der Waals surface area contributed by atoms with Gasteiger partial charge < -0.3 is 14.8 Å². The lowest BCUT2D eigenvalue weighted by atomic mass is 10.0. The minimum absolute atomic E-state index is 0.194. The second kappa shape index (κ2) is 7.26. The Morgan fingerprint density at radius 1 is 1.00 bits per heavy atom. The summed E-state index contributed by atoms with van der Waals surface area (Å²) in [6.07, 6.45) is 0. The normalized spacial score (nSPS) is 9.83. The summed E-state index contributed by atoms with van der Waals surface area (Å²) in [5.74, 6) is -0.280. The highest BCUT2D eigenvalue weighted by atomic mass is 16.5. The number of rotatable bonds is 5. The molecule has 0 saturated heterocycles. The van der Waals surface area contributed by atoms with Crippen molar-refractivity contribution in [3.05, 3.63) is 66.2 Å². The Morgan fingerprint density at radius 3 is 2.39 bits per heavy atom. The Balaban J connectivity index is 2.23. The molecule has 0 aromatic heterocycles. The molecule has 0 saturated carbocycles. The maximum Gasteiger partial charge on any atom is 0.337 e. The zero-order valence-corrected chi connectivity index (χ0v) is 13.0. The summed E-state index contributed by atoms with van der Waals surface area (Å²) >= 11 is 0. The van der Waals surface area contributed by atoms with E-state index < -0.39 is 5.97 Å². The van der Waals surface area contributed by atoms with Crippen molar-refractivity contribution >= 4 is 23.1 Å². The summed E-state index contributed by atoms with van der Waals surface area (Å²) in [4.78, 5) is 23.9. The van der Waals surface area contributed by atoms with Crippen LogP contribution in [0.3, 0.4) is 0 Å². The van der Waals surface area contributed by atoms with E-state index in [1.165, 1.54) is 14.2 Å². The lowest BCUT2D eigenvalue weighted by Crippen LogP contribution is -2.13. The van der Waals surface area contributed by atoms with Crippen LogP contribution in [0.2, 0.25) is 0 Å². The van der Waals surface area contributed by atoms with Gasteiger partial charge in [0.2, 0.25) is 0 Å². The minimum Gasteiger partial charge on any atom is -0.495 e. The van der Waals surface area contributed by atoms with E-state index in [0.717, 1.165) is 0 Å². The van der Waals surface area contributed by atoms with Crippen molar-refractivity contribution < 1.29 is 19.1 Å². The van der Waals surface area contributed by atoms with Gasteiger partial charge in [0.1, 0.15) is 5.75 Å². The van der Waals surface area contributed by atoms with Crippen LogP contribution in [0.15, 0.2) is 55.1 Å². The standard InChI is InChI=1S/C18H17NO4/c1-12(18(21)23-3)13-7-6-8-14(11-13)17(20)19-15-9-4-5-10-16(15)22-2/h4-11H,1H2,2-3H3,(H,19,20). The molecule has 2 rings (SSSR count). The molecule has 0 aliphatic rings. The van der Waals surface area contributed by atoms with Gasteiger partial charge in [0.25, 0.3) is 5.91 Å². The number of benzene rings is 2.